The van der Waals surface area contributed by atoms with Crippen molar-refractivity contribution in [3.8, 4) is 0 Å². The van der Waals surface area contributed by atoms with E-state index in [4.69, 9.17) is 10.5 Å². The molecule has 1 aromatic carbocycles. The van der Waals surface area contributed by atoms with Gasteiger partial charge in [0.05, 0.1) is 5.41 Å². The number of hydrogen-bond donors (Lipinski definition) is 2. The zero-order valence-electron chi connectivity index (χ0n) is 12.3. The van der Waals surface area contributed by atoms with Gasteiger partial charge in [-0.15, -0.1) is 24.2 Å². The van der Waals surface area contributed by atoms with Crippen molar-refractivity contribution in [3.63, 3.8) is 0 Å². The largest absolute Gasteiger partial charge is 0.381 e. The molecule has 0 radical (unpaired) electrons. The standard InChI is InChI=1S/C15H22N2O2S.ClH/c1-20-13-4-2-12(3-5-13)10-17-14(18)15(11-16)6-8-19-9-7-15;/h2-5H,6-11,16H2,1H3,(H,17,18);1H. The van der Waals surface area contributed by atoms with E-state index >= 15 is 0 Å². The van der Waals surface area contributed by atoms with Crippen LogP contribution in [-0.2, 0) is 16.1 Å². The lowest BCUT2D eigenvalue weighted by atomic mass is 9.79. The summed E-state index contributed by atoms with van der Waals surface area (Å²) in [5.74, 6) is 0.0530. The topological polar surface area (TPSA) is 64.4 Å². The number of nitrogens with two attached hydrogens (primary N) is 1. The summed E-state index contributed by atoms with van der Waals surface area (Å²) in [4.78, 5) is 13.6. The molecular weight excluding hydrogens is 308 g/mol. The van der Waals surface area contributed by atoms with Gasteiger partial charge in [0, 0.05) is 31.2 Å². The Kier molecular flexibility index (Phi) is 7.52. The third-order valence-corrected chi connectivity index (χ3v) is 4.68. The van der Waals surface area contributed by atoms with Gasteiger partial charge in [-0.25, -0.2) is 0 Å². The highest BCUT2D eigenvalue weighted by Crippen LogP contribution is 2.29. The number of amides is 1. The Morgan fingerprint density at radius 1 is 1.33 bits per heavy atom. The number of thioether (sulfide) groups is 1. The third-order valence-electron chi connectivity index (χ3n) is 3.93. The van der Waals surface area contributed by atoms with Gasteiger partial charge in [0.1, 0.15) is 0 Å². The summed E-state index contributed by atoms with van der Waals surface area (Å²) in [7, 11) is 0. The van der Waals surface area contributed by atoms with E-state index in [1.54, 1.807) is 11.8 Å². The lowest BCUT2D eigenvalue weighted by Crippen LogP contribution is -2.48. The Morgan fingerprint density at radius 2 is 1.95 bits per heavy atom. The molecule has 1 heterocycles. The van der Waals surface area contributed by atoms with Crippen molar-refractivity contribution < 1.29 is 9.53 Å². The van der Waals surface area contributed by atoms with Crippen molar-refractivity contribution in [1.82, 2.24) is 5.32 Å². The fraction of sp³-hybridized carbons (Fsp3) is 0.533. The van der Waals surface area contributed by atoms with Gasteiger partial charge >= 0.3 is 0 Å². The highest BCUT2D eigenvalue weighted by Gasteiger charge is 2.38. The average Bonchev–Trinajstić information content (AvgIpc) is 2.53. The van der Waals surface area contributed by atoms with Gasteiger partial charge in [0.15, 0.2) is 0 Å². The molecule has 1 aliphatic heterocycles. The molecule has 0 unspecified atom stereocenters. The molecular formula is C15H23ClN2O2S. The van der Waals surface area contributed by atoms with Gasteiger partial charge in [0.25, 0.3) is 0 Å². The lowest BCUT2D eigenvalue weighted by Gasteiger charge is -2.34. The number of ether oxygens (including phenoxy) is 1. The van der Waals surface area contributed by atoms with Crippen LogP contribution in [0.1, 0.15) is 18.4 Å². The minimum atomic E-state index is -0.447. The molecule has 21 heavy (non-hydrogen) atoms. The SMILES string of the molecule is CSc1ccc(CNC(=O)C2(CN)CCOCC2)cc1.Cl. The molecule has 0 aliphatic carbocycles. The van der Waals surface area contributed by atoms with Crippen LogP contribution < -0.4 is 11.1 Å². The minimum absolute atomic E-state index is 0. The van der Waals surface area contributed by atoms with E-state index in [0.29, 0.717) is 39.1 Å². The molecule has 1 fully saturated rings. The summed E-state index contributed by atoms with van der Waals surface area (Å²) < 4.78 is 5.33. The van der Waals surface area contributed by atoms with Gasteiger partial charge in [0.2, 0.25) is 5.91 Å². The maximum atomic E-state index is 12.4. The van der Waals surface area contributed by atoms with Crippen LogP contribution in [0.4, 0.5) is 0 Å². The van der Waals surface area contributed by atoms with E-state index in [9.17, 15) is 4.79 Å². The van der Waals surface area contributed by atoms with Gasteiger partial charge in [-0.1, -0.05) is 12.1 Å². The van der Waals surface area contributed by atoms with Crippen molar-refractivity contribution in [1.29, 1.82) is 0 Å². The van der Waals surface area contributed by atoms with Crippen LogP contribution >= 0.6 is 24.2 Å². The van der Waals surface area contributed by atoms with E-state index < -0.39 is 5.41 Å². The Morgan fingerprint density at radius 3 is 2.48 bits per heavy atom. The molecule has 1 amide bonds. The molecule has 1 aromatic rings. The van der Waals surface area contributed by atoms with Crippen LogP contribution in [0.2, 0.25) is 0 Å². The number of hydrogen-bond acceptors (Lipinski definition) is 4. The molecule has 1 saturated heterocycles. The molecule has 0 bridgehead atoms. The number of carbonyl (C=O) groups excluding carboxylic acids is 1. The zero-order valence-corrected chi connectivity index (χ0v) is 13.9. The van der Waals surface area contributed by atoms with Gasteiger partial charge in [-0.3, -0.25) is 4.79 Å². The van der Waals surface area contributed by atoms with Crippen LogP contribution in [0.5, 0.6) is 0 Å². The Balaban J connectivity index is 0.00000220. The first-order chi connectivity index (χ1) is 9.70. The summed E-state index contributed by atoms with van der Waals surface area (Å²) in [5, 5.41) is 3.02. The average molecular weight is 331 g/mol. The summed E-state index contributed by atoms with van der Waals surface area (Å²) in [5.41, 5.74) is 6.49. The van der Waals surface area contributed by atoms with Gasteiger partial charge in [-0.05, 0) is 36.8 Å². The van der Waals surface area contributed by atoms with Crippen LogP contribution in [0.15, 0.2) is 29.2 Å². The molecule has 118 valence electrons. The quantitative estimate of drug-likeness (QED) is 0.812. The summed E-state index contributed by atoms with van der Waals surface area (Å²) >= 11 is 1.71. The first-order valence-electron chi connectivity index (χ1n) is 6.89. The number of nitrogens with one attached hydrogen (secondary N) is 1. The molecule has 2 rings (SSSR count). The number of halogens is 1. The van der Waals surface area contributed by atoms with Crippen LogP contribution in [0, 0.1) is 5.41 Å². The second kappa shape index (κ2) is 8.63. The molecule has 0 saturated carbocycles. The van der Waals surface area contributed by atoms with Crippen LogP contribution in [-0.4, -0.2) is 31.9 Å². The zero-order chi connectivity index (χ0) is 14.4. The van der Waals surface area contributed by atoms with Gasteiger partial charge in [-0.2, -0.15) is 0 Å². The first-order valence-corrected chi connectivity index (χ1v) is 8.12. The summed E-state index contributed by atoms with van der Waals surface area (Å²) in [6.07, 6.45) is 3.47. The van der Waals surface area contributed by atoms with Crippen molar-refractivity contribution in [2.45, 2.75) is 24.3 Å². The molecule has 0 spiro atoms. The van der Waals surface area contributed by atoms with E-state index in [0.717, 1.165) is 5.56 Å². The smallest absolute Gasteiger partial charge is 0.227 e. The molecule has 6 heteroatoms. The summed E-state index contributed by atoms with van der Waals surface area (Å²) in [6, 6.07) is 8.23. The van der Waals surface area contributed by atoms with E-state index in [1.165, 1.54) is 4.90 Å². The number of benzene rings is 1. The van der Waals surface area contributed by atoms with Crippen molar-refractivity contribution in [2.75, 3.05) is 26.0 Å². The number of rotatable bonds is 5. The molecule has 0 aromatic heterocycles. The lowest BCUT2D eigenvalue weighted by molar-refractivity contribution is -0.136. The molecule has 3 N–H and O–H groups in total. The van der Waals surface area contributed by atoms with Crippen LogP contribution in [0.25, 0.3) is 0 Å². The monoisotopic (exact) mass is 330 g/mol. The number of carbonyl (C=O) groups is 1. The predicted octanol–water partition coefficient (Wildman–Crippen LogP) is 2.20. The highest BCUT2D eigenvalue weighted by atomic mass is 35.5. The first kappa shape index (κ1) is 18.3. The van der Waals surface area contributed by atoms with E-state index in [-0.39, 0.29) is 18.3 Å². The fourth-order valence-corrected chi connectivity index (χ4v) is 2.81. The normalized spacial score (nSPS) is 16.9. The van der Waals surface area contributed by atoms with Crippen LogP contribution in [0.3, 0.4) is 0 Å². The minimum Gasteiger partial charge on any atom is -0.381 e. The van der Waals surface area contributed by atoms with E-state index in [2.05, 4.69) is 17.4 Å². The predicted molar refractivity (Wildman–Crippen MR) is 88.9 cm³/mol. The molecule has 1 aliphatic rings. The highest BCUT2D eigenvalue weighted by molar-refractivity contribution is 7.98. The summed E-state index contributed by atoms with van der Waals surface area (Å²) in [6.45, 7) is 2.17. The second-order valence-corrected chi connectivity index (χ2v) is 6.01. The maximum absolute atomic E-state index is 12.4. The maximum Gasteiger partial charge on any atom is 0.227 e. The molecule has 4 nitrogen and oxygen atoms in total. The Bertz CT molecular complexity index is 447. The molecule has 0 atom stereocenters. The Labute approximate surface area is 136 Å². The van der Waals surface area contributed by atoms with Crippen molar-refractivity contribution in [2.24, 2.45) is 11.1 Å². The van der Waals surface area contributed by atoms with Gasteiger partial charge < -0.3 is 15.8 Å². The third kappa shape index (κ3) is 4.61. The van der Waals surface area contributed by atoms with Crippen molar-refractivity contribution in [3.05, 3.63) is 29.8 Å². The Hall–Kier alpha value is -0.750. The second-order valence-electron chi connectivity index (χ2n) is 5.13. The fourth-order valence-electron chi connectivity index (χ4n) is 2.40. The van der Waals surface area contributed by atoms with E-state index in [1.807, 2.05) is 18.4 Å². The van der Waals surface area contributed by atoms with Crippen molar-refractivity contribution >= 4 is 30.1 Å².